The van der Waals surface area contributed by atoms with Crippen LogP contribution in [0, 0.1) is 17.1 Å². The maximum atomic E-state index is 13.8. The number of nitrogens with one attached hydrogen (secondary N) is 1. The van der Waals surface area contributed by atoms with E-state index < -0.39 is 15.7 Å². The summed E-state index contributed by atoms with van der Waals surface area (Å²) in [5.74, 6) is -0.597. The highest BCUT2D eigenvalue weighted by Crippen LogP contribution is 2.27. The maximum absolute atomic E-state index is 13.8. The van der Waals surface area contributed by atoms with Gasteiger partial charge >= 0.3 is 0 Å². The summed E-state index contributed by atoms with van der Waals surface area (Å²) < 4.78 is 36.6. The lowest BCUT2D eigenvalue weighted by Crippen LogP contribution is -2.02. The molecule has 0 fully saturated rings. The molecule has 0 amide bonds. The molecular formula is C14H12FN3O2S. The quantitative estimate of drug-likeness (QED) is 0.849. The highest BCUT2D eigenvalue weighted by molar-refractivity contribution is 7.90. The molecule has 0 heterocycles. The number of anilines is 3. The van der Waals surface area contributed by atoms with E-state index in [1.807, 2.05) is 6.07 Å². The molecule has 0 atom stereocenters. The smallest absolute Gasteiger partial charge is 0.175 e. The average Bonchev–Trinajstić information content (AvgIpc) is 2.41. The Balaban J connectivity index is 2.35. The maximum Gasteiger partial charge on any atom is 0.175 e. The number of hydrogen-bond acceptors (Lipinski definition) is 5. The van der Waals surface area contributed by atoms with Crippen LogP contribution in [0.3, 0.4) is 0 Å². The van der Waals surface area contributed by atoms with E-state index in [9.17, 15) is 12.8 Å². The van der Waals surface area contributed by atoms with Gasteiger partial charge in [0.1, 0.15) is 5.82 Å². The molecule has 7 heteroatoms. The fourth-order valence-corrected chi connectivity index (χ4v) is 2.37. The Morgan fingerprint density at radius 1 is 1.19 bits per heavy atom. The summed E-state index contributed by atoms with van der Waals surface area (Å²) in [5, 5.41) is 11.4. The van der Waals surface area contributed by atoms with Crippen LogP contribution in [0.2, 0.25) is 0 Å². The Labute approximate surface area is 121 Å². The van der Waals surface area contributed by atoms with Gasteiger partial charge in [-0.3, -0.25) is 0 Å². The molecule has 0 unspecified atom stereocenters. The number of nitriles is 1. The lowest BCUT2D eigenvalue weighted by Gasteiger charge is -2.11. The molecule has 0 bridgehead atoms. The van der Waals surface area contributed by atoms with Crippen molar-refractivity contribution in [3.05, 3.63) is 47.8 Å². The molecule has 0 aliphatic carbocycles. The minimum Gasteiger partial charge on any atom is -0.397 e. The number of hydrogen-bond donors (Lipinski definition) is 2. The van der Waals surface area contributed by atoms with Crippen molar-refractivity contribution in [3.63, 3.8) is 0 Å². The van der Waals surface area contributed by atoms with Crippen molar-refractivity contribution >= 4 is 26.9 Å². The average molecular weight is 305 g/mol. The third kappa shape index (κ3) is 3.30. The van der Waals surface area contributed by atoms with E-state index in [1.54, 1.807) is 0 Å². The van der Waals surface area contributed by atoms with E-state index in [-0.39, 0.29) is 21.8 Å². The number of nitrogens with zero attached hydrogens (tertiary/aromatic N) is 1. The van der Waals surface area contributed by atoms with Gasteiger partial charge in [0.15, 0.2) is 9.84 Å². The summed E-state index contributed by atoms with van der Waals surface area (Å²) in [6.07, 6.45) is 1.08. The monoisotopic (exact) mass is 305 g/mol. The number of halogens is 1. The van der Waals surface area contributed by atoms with Gasteiger partial charge in [0.25, 0.3) is 0 Å². The molecule has 0 aliphatic heterocycles. The molecule has 0 aliphatic rings. The lowest BCUT2D eigenvalue weighted by molar-refractivity contribution is 0.602. The topological polar surface area (TPSA) is 96.0 Å². The number of nitrogen functional groups attached to an aromatic ring is 1. The molecule has 2 aromatic rings. The Bertz CT molecular complexity index is 842. The van der Waals surface area contributed by atoms with Crippen molar-refractivity contribution in [2.75, 3.05) is 17.3 Å². The van der Waals surface area contributed by atoms with Gasteiger partial charge in [-0.2, -0.15) is 5.26 Å². The summed E-state index contributed by atoms with van der Waals surface area (Å²) >= 11 is 0. The zero-order chi connectivity index (χ0) is 15.6. The lowest BCUT2D eigenvalue weighted by atomic mass is 10.2. The standard InChI is InChI=1S/C14H12FN3O2S/c1-21(19,20)10-3-5-14(12(17)7-10)18-13-4-2-9(8-16)6-11(13)15/h2-7,18H,17H2,1H3. The first kappa shape index (κ1) is 14.8. The Morgan fingerprint density at radius 3 is 2.38 bits per heavy atom. The third-order valence-corrected chi connectivity index (χ3v) is 3.93. The second kappa shape index (κ2) is 5.42. The third-order valence-electron chi connectivity index (χ3n) is 2.82. The Hall–Kier alpha value is -2.59. The van der Waals surface area contributed by atoms with Crippen LogP contribution in [0.25, 0.3) is 0 Å². The number of benzene rings is 2. The highest BCUT2D eigenvalue weighted by Gasteiger charge is 2.11. The van der Waals surface area contributed by atoms with Gasteiger partial charge in [-0.15, -0.1) is 0 Å². The van der Waals surface area contributed by atoms with Crippen molar-refractivity contribution in [2.45, 2.75) is 4.90 Å². The minimum absolute atomic E-state index is 0.0888. The van der Waals surface area contributed by atoms with Crippen LogP contribution in [-0.2, 0) is 9.84 Å². The van der Waals surface area contributed by atoms with Gasteiger partial charge in [-0.05, 0) is 36.4 Å². The van der Waals surface area contributed by atoms with Crippen LogP contribution < -0.4 is 11.1 Å². The molecule has 0 saturated carbocycles. The van der Waals surface area contributed by atoms with E-state index in [2.05, 4.69) is 5.32 Å². The van der Waals surface area contributed by atoms with Crippen molar-refractivity contribution in [1.29, 1.82) is 5.26 Å². The van der Waals surface area contributed by atoms with Gasteiger partial charge in [0.2, 0.25) is 0 Å². The summed E-state index contributed by atoms with van der Waals surface area (Å²) in [4.78, 5) is 0.0888. The van der Waals surface area contributed by atoms with Gasteiger partial charge in [-0.25, -0.2) is 12.8 Å². The number of nitrogens with two attached hydrogens (primary N) is 1. The molecule has 0 spiro atoms. The van der Waals surface area contributed by atoms with Crippen LogP contribution in [0.15, 0.2) is 41.3 Å². The SMILES string of the molecule is CS(=O)(=O)c1ccc(Nc2ccc(C#N)cc2F)c(N)c1. The molecule has 3 N–H and O–H groups in total. The molecule has 0 radical (unpaired) electrons. The van der Waals surface area contributed by atoms with E-state index in [0.717, 1.165) is 12.3 Å². The molecule has 108 valence electrons. The van der Waals surface area contributed by atoms with Crippen molar-refractivity contribution in [3.8, 4) is 6.07 Å². The predicted molar refractivity (Wildman–Crippen MR) is 78.4 cm³/mol. The van der Waals surface area contributed by atoms with E-state index >= 15 is 0 Å². The molecule has 2 rings (SSSR count). The van der Waals surface area contributed by atoms with Gasteiger partial charge in [0, 0.05) is 6.26 Å². The molecule has 0 saturated heterocycles. The first-order valence-electron chi connectivity index (χ1n) is 5.87. The fraction of sp³-hybridized carbons (Fsp3) is 0.0714. The number of sulfone groups is 1. The van der Waals surface area contributed by atoms with Crippen molar-refractivity contribution in [2.24, 2.45) is 0 Å². The molecule has 5 nitrogen and oxygen atoms in total. The van der Waals surface area contributed by atoms with Crippen molar-refractivity contribution < 1.29 is 12.8 Å². The molecule has 21 heavy (non-hydrogen) atoms. The van der Waals surface area contributed by atoms with Crippen LogP contribution in [0.1, 0.15) is 5.56 Å². The second-order valence-electron chi connectivity index (χ2n) is 4.45. The summed E-state index contributed by atoms with van der Waals surface area (Å²) in [5.41, 5.74) is 6.69. The van der Waals surface area contributed by atoms with Gasteiger partial charge < -0.3 is 11.1 Å². The van der Waals surface area contributed by atoms with Gasteiger partial charge in [0.05, 0.1) is 33.6 Å². The van der Waals surface area contributed by atoms with Crippen LogP contribution in [0.4, 0.5) is 21.5 Å². The highest BCUT2D eigenvalue weighted by atomic mass is 32.2. The Kier molecular flexibility index (Phi) is 3.82. The first-order chi connectivity index (χ1) is 9.81. The molecule has 2 aromatic carbocycles. The normalized spacial score (nSPS) is 10.9. The fourth-order valence-electron chi connectivity index (χ4n) is 1.72. The summed E-state index contributed by atoms with van der Waals surface area (Å²) in [6.45, 7) is 0. The molecule has 0 aromatic heterocycles. The van der Waals surface area contributed by atoms with E-state index in [0.29, 0.717) is 5.69 Å². The predicted octanol–water partition coefficient (Wildman–Crippen LogP) is 2.43. The first-order valence-corrected chi connectivity index (χ1v) is 7.76. The zero-order valence-corrected chi connectivity index (χ0v) is 11.9. The summed E-state index contributed by atoms with van der Waals surface area (Å²) in [7, 11) is -3.35. The second-order valence-corrected chi connectivity index (χ2v) is 6.47. The summed E-state index contributed by atoms with van der Waals surface area (Å²) in [6, 6.07) is 9.97. The van der Waals surface area contributed by atoms with Crippen LogP contribution >= 0.6 is 0 Å². The number of rotatable bonds is 3. The minimum atomic E-state index is -3.35. The van der Waals surface area contributed by atoms with Gasteiger partial charge in [-0.1, -0.05) is 0 Å². The van der Waals surface area contributed by atoms with Crippen LogP contribution in [-0.4, -0.2) is 14.7 Å². The van der Waals surface area contributed by atoms with E-state index in [1.165, 1.54) is 30.3 Å². The zero-order valence-electron chi connectivity index (χ0n) is 11.1. The Morgan fingerprint density at radius 2 is 1.86 bits per heavy atom. The molecular weight excluding hydrogens is 293 g/mol. The van der Waals surface area contributed by atoms with Crippen molar-refractivity contribution in [1.82, 2.24) is 0 Å². The largest absolute Gasteiger partial charge is 0.397 e. The van der Waals surface area contributed by atoms with E-state index in [4.69, 9.17) is 11.0 Å². The van der Waals surface area contributed by atoms with Crippen LogP contribution in [0.5, 0.6) is 0 Å².